The molecule has 1 unspecified atom stereocenters. The van der Waals surface area contributed by atoms with Gasteiger partial charge in [-0.05, 0) is 30.7 Å². The molecule has 0 aromatic heterocycles. The molecule has 4 nitrogen and oxygen atoms in total. The molecule has 2 aromatic carbocycles. The number of urea groups is 1. The van der Waals surface area contributed by atoms with Crippen molar-refractivity contribution < 1.29 is 18.4 Å². The van der Waals surface area contributed by atoms with E-state index in [9.17, 15) is 18.4 Å². The smallest absolute Gasteiger partial charge is 0.319 e. The molecular formula is C17H14F2N2O2. The average Bonchev–Trinajstić information content (AvgIpc) is 2.75. The number of amides is 3. The van der Waals surface area contributed by atoms with Gasteiger partial charge in [-0.1, -0.05) is 30.3 Å². The standard InChI is InChI=1S/C17H14F2N2O2/c1-17(13-9-12(18)7-8-14(13)19)15(22)21(16(23)20-17)10-11-5-3-2-4-6-11/h2-9H,10H2,1H3,(H,20,23). The molecule has 118 valence electrons. The van der Waals surface area contributed by atoms with E-state index in [4.69, 9.17) is 0 Å². The molecule has 0 radical (unpaired) electrons. The number of nitrogens with zero attached hydrogens (tertiary/aromatic N) is 1. The topological polar surface area (TPSA) is 49.4 Å². The van der Waals surface area contributed by atoms with Gasteiger partial charge in [0.15, 0.2) is 0 Å². The first-order valence-electron chi connectivity index (χ1n) is 7.05. The van der Waals surface area contributed by atoms with Crippen LogP contribution in [0.5, 0.6) is 0 Å². The fraction of sp³-hybridized carbons (Fsp3) is 0.176. The number of hydrogen-bond donors (Lipinski definition) is 1. The third-order valence-corrected chi connectivity index (χ3v) is 3.93. The summed E-state index contributed by atoms with van der Waals surface area (Å²) in [5.74, 6) is -2.04. The van der Waals surface area contributed by atoms with E-state index in [-0.39, 0.29) is 12.1 Å². The lowest BCUT2D eigenvalue weighted by molar-refractivity contribution is -0.131. The SMILES string of the molecule is CC1(c2cc(F)ccc2F)NC(=O)N(Cc2ccccc2)C1=O. The molecule has 1 aliphatic heterocycles. The fourth-order valence-corrected chi connectivity index (χ4v) is 2.67. The lowest BCUT2D eigenvalue weighted by Crippen LogP contribution is -2.41. The van der Waals surface area contributed by atoms with Crippen LogP contribution >= 0.6 is 0 Å². The molecule has 1 heterocycles. The van der Waals surface area contributed by atoms with Crippen LogP contribution in [0, 0.1) is 11.6 Å². The van der Waals surface area contributed by atoms with Crippen LogP contribution in [0.25, 0.3) is 0 Å². The highest BCUT2D eigenvalue weighted by Crippen LogP contribution is 2.31. The van der Waals surface area contributed by atoms with Gasteiger partial charge in [0.25, 0.3) is 5.91 Å². The number of nitrogens with one attached hydrogen (secondary N) is 1. The van der Waals surface area contributed by atoms with E-state index < -0.39 is 29.1 Å². The lowest BCUT2D eigenvalue weighted by Gasteiger charge is -2.22. The summed E-state index contributed by atoms with van der Waals surface area (Å²) in [6.45, 7) is 1.44. The summed E-state index contributed by atoms with van der Waals surface area (Å²) in [4.78, 5) is 25.8. The first kappa shape index (κ1) is 15.1. The lowest BCUT2D eigenvalue weighted by atomic mass is 9.91. The Morgan fingerprint density at radius 3 is 2.48 bits per heavy atom. The number of benzene rings is 2. The Labute approximate surface area is 131 Å². The van der Waals surface area contributed by atoms with Crippen molar-refractivity contribution >= 4 is 11.9 Å². The molecule has 3 rings (SSSR count). The summed E-state index contributed by atoms with van der Waals surface area (Å²) in [5, 5.41) is 2.47. The van der Waals surface area contributed by atoms with Gasteiger partial charge in [-0.3, -0.25) is 9.69 Å². The highest BCUT2D eigenvalue weighted by molar-refractivity contribution is 6.07. The molecule has 1 fully saturated rings. The van der Waals surface area contributed by atoms with E-state index in [0.29, 0.717) is 0 Å². The number of rotatable bonds is 3. The van der Waals surface area contributed by atoms with Crippen molar-refractivity contribution in [3.8, 4) is 0 Å². The Morgan fingerprint density at radius 2 is 1.78 bits per heavy atom. The number of imide groups is 1. The third kappa shape index (κ3) is 2.56. The van der Waals surface area contributed by atoms with Gasteiger partial charge in [0, 0.05) is 5.56 Å². The molecule has 0 aliphatic carbocycles. The summed E-state index contributed by atoms with van der Waals surface area (Å²) in [5.41, 5.74) is -1.05. The number of hydrogen-bond acceptors (Lipinski definition) is 2. The van der Waals surface area contributed by atoms with E-state index in [1.165, 1.54) is 6.92 Å². The maximum absolute atomic E-state index is 14.0. The summed E-state index contributed by atoms with van der Waals surface area (Å²) in [6, 6.07) is 11.2. The Hall–Kier alpha value is -2.76. The number of carbonyl (C=O) groups excluding carboxylic acids is 2. The maximum atomic E-state index is 14.0. The van der Waals surface area contributed by atoms with Crippen LogP contribution < -0.4 is 5.32 Å². The Balaban J connectivity index is 1.95. The minimum Gasteiger partial charge on any atom is -0.319 e. The van der Waals surface area contributed by atoms with Crippen molar-refractivity contribution in [2.24, 2.45) is 0 Å². The van der Waals surface area contributed by atoms with E-state index >= 15 is 0 Å². The highest BCUT2D eigenvalue weighted by atomic mass is 19.1. The van der Waals surface area contributed by atoms with Gasteiger partial charge in [0.05, 0.1) is 6.54 Å². The monoisotopic (exact) mass is 316 g/mol. The molecule has 0 saturated carbocycles. The van der Waals surface area contributed by atoms with E-state index in [1.807, 2.05) is 6.07 Å². The van der Waals surface area contributed by atoms with Crippen molar-refractivity contribution in [3.63, 3.8) is 0 Å². The van der Waals surface area contributed by atoms with Crippen LogP contribution in [0.4, 0.5) is 13.6 Å². The van der Waals surface area contributed by atoms with Crippen LogP contribution in [0.15, 0.2) is 48.5 Å². The molecular weight excluding hydrogens is 302 g/mol. The van der Waals surface area contributed by atoms with Crippen molar-refractivity contribution in [3.05, 3.63) is 71.3 Å². The quantitative estimate of drug-likeness (QED) is 0.885. The van der Waals surface area contributed by atoms with E-state index in [0.717, 1.165) is 28.7 Å². The Kier molecular flexibility index (Phi) is 3.60. The van der Waals surface area contributed by atoms with Crippen molar-refractivity contribution in [2.75, 3.05) is 0 Å². The van der Waals surface area contributed by atoms with Crippen LogP contribution in [0.1, 0.15) is 18.1 Å². The molecule has 2 aromatic rings. The predicted octanol–water partition coefficient (Wildman–Crippen LogP) is 2.93. The number of halogens is 2. The predicted molar refractivity (Wildman–Crippen MR) is 79.2 cm³/mol. The van der Waals surface area contributed by atoms with Crippen LogP contribution in [-0.2, 0) is 16.9 Å². The Morgan fingerprint density at radius 1 is 1.09 bits per heavy atom. The second kappa shape index (κ2) is 5.46. The first-order chi connectivity index (χ1) is 10.9. The number of carbonyl (C=O) groups is 2. The molecule has 3 amide bonds. The third-order valence-electron chi connectivity index (χ3n) is 3.93. The fourth-order valence-electron chi connectivity index (χ4n) is 2.67. The largest absolute Gasteiger partial charge is 0.325 e. The minimum atomic E-state index is -1.63. The zero-order chi connectivity index (χ0) is 16.6. The van der Waals surface area contributed by atoms with Gasteiger partial charge in [0.2, 0.25) is 0 Å². The van der Waals surface area contributed by atoms with Gasteiger partial charge >= 0.3 is 6.03 Å². The zero-order valence-electron chi connectivity index (χ0n) is 12.3. The molecule has 6 heteroatoms. The zero-order valence-corrected chi connectivity index (χ0v) is 12.3. The second-order valence-electron chi connectivity index (χ2n) is 5.56. The van der Waals surface area contributed by atoms with Crippen molar-refractivity contribution in [2.45, 2.75) is 19.0 Å². The first-order valence-corrected chi connectivity index (χ1v) is 7.05. The highest BCUT2D eigenvalue weighted by Gasteiger charge is 2.50. The van der Waals surface area contributed by atoms with Crippen molar-refractivity contribution in [1.29, 1.82) is 0 Å². The molecule has 0 bridgehead atoms. The minimum absolute atomic E-state index is 0.0675. The summed E-state index contributed by atoms with van der Waals surface area (Å²) < 4.78 is 27.5. The molecule has 0 spiro atoms. The van der Waals surface area contributed by atoms with Gasteiger partial charge in [-0.15, -0.1) is 0 Å². The summed E-state index contributed by atoms with van der Waals surface area (Å²) >= 11 is 0. The summed E-state index contributed by atoms with van der Waals surface area (Å²) in [6.07, 6.45) is 0. The maximum Gasteiger partial charge on any atom is 0.325 e. The Bertz CT molecular complexity index is 779. The van der Waals surface area contributed by atoms with Gasteiger partial charge < -0.3 is 5.32 Å². The van der Waals surface area contributed by atoms with Crippen LogP contribution in [-0.4, -0.2) is 16.8 Å². The van der Waals surface area contributed by atoms with Gasteiger partial charge in [-0.25, -0.2) is 13.6 Å². The summed E-state index contributed by atoms with van der Waals surface area (Å²) in [7, 11) is 0. The van der Waals surface area contributed by atoms with E-state index in [1.54, 1.807) is 24.3 Å². The van der Waals surface area contributed by atoms with E-state index in [2.05, 4.69) is 5.32 Å². The van der Waals surface area contributed by atoms with Crippen molar-refractivity contribution in [1.82, 2.24) is 10.2 Å². The average molecular weight is 316 g/mol. The molecule has 1 aliphatic rings. The van der Waals surface area contributed by atoms with Gasteiger partial charge in [-0.2, -0.15) is 0 Å². The molecule has 1 atom stereocenters. The molecule has 1 saturated heterocycles. The molecule has 1 N–H and O–H groups in total. The normalized spacial score (nSPS) is 20.7. The van der Waals surface area contributed by atoms with Crippen LogP contribution in [0.3, 0.4) is 0 Å². The van der Waals surface area contributed by atoms with Gasteiger partial charge in [0.1, 0.15) is 17.2 Å². The second-order valence-corrected chi connectivity index (χ2v) is 5.56. The van der Waals surface area contributed by atoms with Crippen LogP contribution in [0.2, 0.25) is 0 Å². The molecule has 23 heavy (non-hydrogen) atoms.